The van der Waals surface area contributed by atoms with E-state index < -0.39 is 0 Å². The molecule has 0 radical (unpaired) electrons. The summed E-state index contributed by atoms with van der Waals surface area (Å²) in [4.78, 5) is 8.30. The summed E-state index contributed by atoms with van der Waals surface area (Å²) in [6, 6.07) is 7.60. The molecule has 0 saturated carbocycles. The molecular formula is C19H26ClN5O4. The minimum atomic E-state index is 0. The zero-order chi connectivity index (χ0) is 19.6. The molecule has 158 valence electrons. The number of nitrogens with one attached hydrogen (secondary N) is 1. The predicted octanol–water partition coefficient (Wildman–Crippen LogP) is 2.34. The van der Waals surface area contributed by atoms with Crippen molar-refractivity contribution in [3.05, 3.63) is 35.4 Å². The van der Waals surface area contributed by atoms with E-state index in [0.29, 0.717) is 29.6 Å². The van der Waals surface area contributed by atoms with Crippen LogP contribution >= 0.6 is 12.4 Å². The van der Waals surface area contributed by atoms with Crippen molar-refractivity contribution < 1.29 is 19.7 Å². The summed E-state index contributed by atoms with van der Waals surface area (Å²) in [7, 11) is 4.75. The van der Waals surface area contributed by atoms with Crippen molar-refractivity contribution in [3.8, 4) is 17.2 Å². The molecule has 2 aromatic carbocycles. The van der Waals surface area contributed by atoms with Crippen molar-refractivity contribution >= 4 is 40.8 Å². The van der Waals surface area contributed by atoms with Crippen LogP contribution in [-0.4, -0.2) is 36.8 Å². The van der Waals surface area contributed by atoms with E-state index in [1.165, 1.54) is 0 Å². The Morgan fingerprint density at radius 1 is 0.966 bits per heavy atom. The molecule has 0 atom stereocenters. The van der Waals surface area contributed by atoms with Crippen LogP contribution in [0.1, 0.15) is 11.1 Å². The van der Waals surface area contributed by atoms with Gasteiger partial charge in [0.2, 0.25) is 11.7 Å². The molecule has 10 heteroatoms. The van der Waals surface area contributed by atoms with E-state index in [9.17, 15) is 0 Å². The summed E-state index contributed by atoms with van der Waals surface area (Å²) in [6.07, 6.45) is 0. The first kappa shape index (κ1) is 23.9. The third kappa shape index (κ3) is 4.64. The summed E-state index contributed by atoms with van der Waals surface area (Å²) in [5.41, 5.74) is 15.4. The molecule has 3 aromatic rings. The number of anilines is 3. The highest BCUT2D eigenvalue weighted by molar-refractivity contribution is 5.92. The molecule has 0 amide bonds. The average molecular weight is 424 g/mol. The molecule has 0 aliphatic carbocycles. The standard InChI is InChI=1S/C19H23N5O3.ClH.H2O/c1-10-11(5-6-13-16(10)18(20)24-19(21)23-13)9-22-12-7-14(25-2)17(27-4)15(8-12)26-3;;/h5-8,22H,9H2,1-4H3,(H4,20,21,23,24);1H;1H2. The Kier molecular flexibility index (Phi) is 8.11. The van der Waals surface area contributed by atoms with Gasteiger partial charge in [0.15, 0.2) is 11.5 Å². The van der Waals surface area contributed by atoms with Gasteiger partial charge in [0.05, 0.1) is 26.8 Å². The Balaban J connectivity index is 0.00000210. The average Bonchev–Trinajstić information content (AvgIpc) is 2.65. The van der Waals surface area contributed by atoms with Crippen LogP contribution in [0.25, 0.3) is 10.9 Å². The Morgan fingerprint density at radius 3 is 2.14 bits per heavy atom. The lowest BCUT2D eigenvalue weighted by Crippen LogP contribution is -2.06. The number of benzene rings is 2. The van der Waals surface area contributed by atoms with Crippen LogP contribution < -0.4 is 31.0 Å². The van der Waals surface area contributed by atoms with Gasteiger partial charge in [-0.15, -0.1) is 12.4 Å². The fourth-order valence-electron chi connectivity index (χ4n) is 3.06. The number of aromatic nitrogens is 2. The molecule has 0 bridgehead atoms. The first-order valence-corrected chi connectivity index (χ1v) is 8.33. The minimum absolute atomic E-state index is 0. The molecule has 29 heavy (non-hydrogen) atoms. The van der Waals surface area contributed by atoms with Gasteiger partial charge >= 0.3 is 0 Å². The molecular weight excluding hydrogens is 398 g/mol. The zero-order valence-corrected chi connectivity index (χ0v) is 17.5. The van der Waals surface area contributed by atoms with Gasteiger partial charge in [0, 0.05) is 29.8 Å². The number of methoxy groups -OCH3 is 3. The Hall–Kier alpha value is -3.17. The Labute approximate surface area is 175 Å². The van der Waals surface area contributed by atoms with E-state index in [0.717, 1.165) is 27.7 Å². The second-order valence-corrected chi connectivity index (χ2v) is 5.98. The molecule has 0 aliphatic heterocycles. The number of fused-ring (bicyclic) bond motifs is 1. The summed E-state index contributed by atoms with van der Waals surface area (Å²) in [5.74, 6) is 2.27. The van der Waals surface area contributed by atoms with Crippen LogP contribution in [0.2, 0.25) is 0 Å². The van der Waals surface area contributed by atoms with Crippen LogP contribution in [0.15, 0.2) is 24.3 Å². The van der Waals surface area contributed by atoms with E-state index in [4.69, 9.17) is 25.7 Å². The second kappa shape index (κ2) is 9.85. The van der Waals surface area contributed by atoms with Gasteiger partial charge < -0.3 is 36.5 Å². The van der Waals surface area contributed by atoms with Gasteiger partial charge in [-0.2, -0.15) is 4.98 Å². The van der Waals surface area contributed by atoms with E-state index in [-0.39, 0.29) is 23.8 Å². The molecule has 7 N–H and O–H groups in total. The van der Waals surface area contributed by atoms with Gasteiger partial charge in [0.25, 0.3) is 0 Å². The van der Waals surface area contributed by atoms with E-state index in [2.05, 4.69) is 15.3 Å². The van der Waals surface area contributed by atoms with Crippen molar-refractivity contribution in [3.63, 3.8) is 0 Å². The topological polar surface area (TPSA) is 149 Å². The third-order valence-corrected chi connectivity index (χ3v) is 4.43. The van der Waals surface area contributed by atoms with Crippen molar-refractivity contribution in [2.75, 3.05) is 38.1 Å². The zero-order valence-electron chi connectivity index (χ0n) is 16.7. The number of hydrogen-bond donors (Lipinski definition) is 3. The summed E-state index contributed by atoms with van der Waals surface area (Å²) in [5, 5.41) is 4.19. The lowest BCUT2D eigenvalue weighted by atomic mass is 10.0. The minimum Gasteiger partial charge on any atom is -0.493 e. The molecule has 9 nitrogen and oxygen atoms in total. The van der Waals surface area contributed by atoms with Crippen LogP contribution in [0.5, 0.6) is 17.2 Å². The first-order valence-electron chi connectivity index (χ1n) is 8.33. The highest BCUT2D eigenvalue weighted by Crippen LogP contribution is 2.40. The van der Waals surface area contributed by atoms with Gasteiger partial charge in [-0.1, -0.05) is 6.07 Å². The second-order valence-electron chi connectivity index (χ2n) is 5.98. The number of hydrogen-bond acceptors (Lipinski definition) is 8. The SMILES string of the molecule is COc1cc(NCc2ccc3nc(N)nc(N)c3c2C)cc(OC)c1OC.Cl.O. The van der Waals surface area contributed by atoms with Gasteiger partial charge in [0.1, 0.15) is 5.82 Å². The van der Waals surface area contributed by atoms with Crippen LogP contribution in [0.3, 0.4) is 0 Å². The highest BCUT2D eigenvalue weighted by atomic mass is 35.5. The number of ether oxygens (including phenoxy) is 3. The maximum Gasteiger partial charge on any atom is 0.222 e. The van der Waals surface area contributed by atoms with E-state index in [1.807, 2.05) is 31.2 Å². The van der Waals surface area contributed by atoms with Crippen molar-refractivity contribution in [1.82, 2.24) is 9.97 Å². The van der Waals surface area contributed by atoms with Gasteiger partial charge in [-0.05, 0) is 24.1 Å². The summed E-state index contributed by atoms with van der Waals surface area (Å²) >= 11 is 0. The lowest BCUT2D eigenvalue weighted by Gasteiger charge is -2.16. The summed E-state index contributed by atoms with van der Waals surface area (Å²) in [6.45, 7) is 2.56. The van der Waals surface area contributed by atoms with Crippen molar-refractivity contribution in [2.24, 2.45) is 0 Å². The first-order chi connectivity index (χ1) is 13.0. The number of halogens is 1. The van der Waals surface area contributed by atoms with Crippen molar-refractivity contribution in [1.29, 1.82) is 0 Å². The Morgan fingerprint density at radius 2 is 1.59 bits per heavy atom. The normalized spacial score (nSPS) is 9.93. The molecule has 1 heterocycles. The molecule has 0 unspecified atom stereocenters. The van der Waals surface area contributed by atoms with Crippen LogP contribution in [0, 0.1) is 6.92 Å². The predicted molar refractivity (Wildman–Crippen MR) is 117 cm³/mol. The molecule has 0 spiro atoms. The number of rotatable bonds is 6. The van der Waals surface area contributed by atoms with Crippen molar-refractivity contribution in [2.45, 2.75) is 13.5 Å². The third-order valence-electron chi connectivity index (χ3n) is 4.43. The molecule has 1 aromatic heterocycles. The number of aryl methyl sites for hydroxylation is 1. The fourth-order valence-corrected chi connectivity index (χ4v) is 3.06. The summed E-state index contributed by atoms with van der Waals surface area (Å²) < 4.78 is 16.1. The highest BCUT2D eigenvalue weighted by Gasteiger charge is 2.14. The number of nitrogens with zero attached hydrogens (tertiary/aromatic N) is 2. The maximum absolute atomic E-state index is 6.04. The molecule has 0 saturated heterocycles. The van der Waals surface area contributed by atoms with Gasteiger partial charge in [-0.25, -0.2) is 4.98 Å². The number of nitrogen functional groups attached to an aromatic ring is 2. The molecule has 0 aliphatic rings. The maximum atomic E-state index is 6.04. The van der Waals surface area contributed by atoms with E-state index >= 15 is 0 Å². The number of nitrogens with two attached hydrogens (primary N) is 2. The van der Waals surface area contributed by atoms with Crippen LogP contribution in [-0.2, 0) is 6.54 Å². The quantitative estimate of drug-likeness (QED) is 0.546. The fraction of sp³-hybridized carbons (Fsp3) is 0.263. The van der Waals surface area contributed by atoms with Crippen LogP contribution in [0.4, 0.5) is 17.5 Å². The monoisotopic (exact) mass is 423 g/mol. The largest absolute Gasteiger partial charge is 0.493 e. The van der Waals surface area contributed by atoms with Gasteiger partial charge in [-0.3, -0.25) is 0 Å². The van der Waals surface area contributed by atoms with E-state index in [1.54, 1.807) is 21.3 Å². The molecule has 0 fully saturated rings. The Bertz CT molecular complexity index is 975. The smallest absolute Gasteiger partial charge is 0.222 e. The lowest BCUT2D eigenvalue weighted by molar-refractivity contribution is 0.324. The molecule has 3 rings (SSSR count).